The minimum Gasteiger partial charge on any atom is -0.508 e. The summed E-state index contributed by atoms with van der Waals surface area (Å²) in [5.74, 6) is -18.5. The molecule has 46 nitrogen and oxygen atoms in total. The number of rotatable bonds is 41. The zero-order valence-corrected chi connectivity index (χ0v) is 72.4. The van der Waals surface area contributed by atoms with Crippen molar-refractivity contribution in [3.8, 4) is 5.75 Å². The summed E-state index contributed by atoms with van der Waals surface area (Å²) >= 11 is 0.765. The molecule has 27 N–H and O–H groups in total. The predicted molar refractivity (Wildman–Crippen MR) is 453 cm³/mol. The van der Waals surface area contributed by atoms with Crippen LogP contribution in [-0.4, -0.2) is 308 Å². The number of hydrogen-bond donors (Lipinski definition) is 23. The Bertz CT molecular complexity index is 3810. The molecule has 700 valence electrons. The molecule has 1 aromatic carbocycles. The number of imidazole rings is 1. The molecule has 1 aliphatic rings. The third-order valence-electron chi connectivity index (χ3n) is 18.6. The van der Waals surface area contributed by atoms with E-state index < -0.39 is 217 Å². The first-order valence-electron chi connectivity index (χ1n) is 41.4. The highest BCUT2D eigenvalue weighted by atomic mass is 32.2. The summed E-state index contributed by atoms with van der Waals surface area (Å²) < 4.78 is 22.1. The first kappa shape index (κ1) is 108. The molecule has 0 radical (unpaired) electrons. The average molecular weight is 1790 g/mol. The van der Waals surface area contributed by atoms with Crippen LogP contribution in [0.2, 0.25) is 0 Å². The standard InChI is InChI=1S/C78H128N22O24S/c1-7-8-9-14-54-74(117)97-58(36-66(109)110)76(119)99-59(73(116)84-23-25-122-27-29-124-31-30-123-28-26-121-24-20-60(102)93-52(68(80)111)13-10-11-21-79)42-125-43-64(106)91-47(6)69(112)96-53(15-12-22-85-78(81)82)70(113)87-40-62(104)95-57(33-48-16-18-51(101)19-17-48)75(118)92-50(34-49-37-83-44-90-49)38-86-55(35-65(107)108)71(114)88-41-63(105)100-67(46(4)5)77(120)98-56(32-45(2)3)72(115)89-39-61(103)94-54/h16-19,37,44-47,50,52-59,67,86,101H,7-15,20-36,38-43,79H2,1-6H3,(H2,80,111)(H,83,90)(H,84,116)(H,87,113)(H,88,114)(H,89,115)(H,91,106)(H,92,118)(H,93,102)(H,94,103)(H,95,104)(H,96,112)(H,97,117)(H,98,120)(H,99,119)(H,100,105)(H,107,108)(H,109,110)(H4,81,82,85)/t47-,50-,52-,53-,54-,55-,56-,57-,58-,59-,67-/m0/s1. The maximum Gasteiger partial charge on any atom is 0.305 e. The minimum absolute atomic E-state index is 0.00643. The number of primary amides is 1. The summed E-state index contributed by atoms with van der Waals surface area (Å²) in [5, 5.41) is 68.4. The largest absolute Gasteiger partial charge is 0.508 e. The van der Waals surface area contributed by atoms with Crippen molar-refractivity contribution >= 4 is 118 Å². The van der Waals surface area contributed by atoms with Crippen molar-refractivity contribution in [2.75, 3.05) is 110 Å². The first-order valence-corrected chi connectivity index (χ1v) is 42.6. The summed E-state index contributed by atoms with van der Waals surface area (Å²) in [6.45, 7) is 8.00. The Hall–Kier alpha value is -11.4. The molecule has 1 aliphatic heterocycles. The number of phenolic OH excluding ortho intramolecular Hbond substituents is 1. The van der Waals surface area contributed by atoms with Crippen molar-refractivity contribution in [1.82, 2.24) is 89.7 Å². The number of phenols is 1. The van der Waals surface area contributed by atoms with Gasteiger partial charge in [-0.25, -0.2) is 4.98 Å². The summed E-state index contributed by atoms with van der Waals surface area (Å²) in [6.07, 6.45) is 3.58. The molecule has 1 fully saturated rings. The van der Waals surface area contributed by atoms with Gasteiger partial charge >= 0.3 is 11.9 Å². The predicted octanol–water partition coefficient (Wildman–Crippen LogP) is -6.71. The molecule has 3 rings (SSSR count). The second-order valence-electron chi connectivity index (χ2n) is 30.1. The third-order valence-corrected chi connectivity index (χ3v) is 19.6. The topological polar surface area (TPSA) is 713 Å². The number of nitrogens with zero attached hydrogens (tertiary/aromatic N) is 2. The summed E-state index contributed by atoms with van der Waals surface area (Å²) in [4.78, 5) is 242. The number of ether oxygens (including phenoxy) is 4. The van der Waals surface area contributed by atoms with Gasteiger partial charge in [-0.15, -0.1) is 11.8 Å². The van der Waals surface area contributed by atoms with Crippen LogP contribution in [0.15, 0.2) is 41.8 Å². The molecule has 47 heteroatoms. The Balaban J connectivity index is 1.99. The molecule has 2 aromatic rings. The van der Waals surface area contributed by atoms with Crippen molar-refractivity contribution in [1.29, 1.82) is 0 Å². The smallest absolute Gasteiger partial charge is 0.305 e. The molecule has 1 aromatic heterocycles. The van der Waals surface area contributed by atoms with Gasteiger partial charge in [0.05, 0.1) is 103 Å². The second kappa shape index (κ2) is 61.0. The van der Waals surface area contributed by atoms with E-state index in [2.05, 4.69) is 94.7 Å². The zero-order chi connectivity index (χ0) is 92.8. The number of aromatic nitrogens is 2. The number of H-pyrrole nitrogens is 1. The van der Waals surface area contributed by atoms with E-state index in [4.69, 9.17) is 41.9 Å². The Morgan fingerprint density at radius 1 is 0.584 bits per heavy atom. The highest BCUT2D eigenvalue weighted by Crippen LogP contribution is 2.15. The van der Waals surface area contributed by atoms with Gasteiger partial charge in [0, 0.05) is 62.6 Å². The number of aromatic hydroxyl groups is 1. The molecule has 11 atom stereocenters. The van der Waals surface area contributed by atoms with Crippen molar-refractivity contribution in [2.45, 2.75) is 204 Å². The number of hydrogen-bond acceptors (Lipinski definition) is 27. The highest BCUT2D eigenvalue weighted by molar-refractivity contribution is 8.00. The maximum absolute atomic E-state index is 14.6. The van der Waals surface area contributed by atoms with Gasteiger partial charge in [-0.1, -0.05) is 66.0 Å². The summed E-state index contributed by atoms with van der Waals surface area (Å²) in [6, 6.07) is -9.79. The molecule has 0 bridgehead atoms. The van der Waals surface area contributed by atoms with E-state index in [0.717, 1.165) is 11.8 Å². The number of aromatic amines is 1. The average Bonchev–Trinajstić information content (AvgIpc) is 1.30. The van der Waals surface area contributed by atoms with Crippen LogP contribution in [0.3, 0.4) is 0 Å². The number of benzene rings is 1. The number of aliphatic imine (C=N–C) groups is 1. The number of carboxylic acid groups (broad SMARTS) is 2. The van der Waals surface area contributed by atoms with Crippen molar-refractivity contribution in [2.24, 2.45) is 39.8 Å². The first-order chi connectivity index (χ1) is 59.5. The maximum atomic E-state index is 14.6. The lowest BCUT2D eigenvalue weighted by atomic mass is 10.00. The molecule has 0 unspecified atom stereocenters. The van der Waals surface area contributed by atoms with Crippen molar-refractivity contribution < 1.29 is 116 Å². The number of unbranched alkanes of at least 4 members (excludes halogenated alkanes) is 3. The van der Waals surface area contributed by atoms with Crippen molar-refractivity contribution in [3.63, 3.8) is 0 Å². The lowest BCUT2D eigenvalue weighted by molar-refractivity contribution is -0.141. The Morgan fingerprint density at radius 2 is 1.13 bits per heavy atom. The number of guanidine groups is 1. The van der Waals surface area contributed by atoms with Crippen LogP contribution in [0.1, 0.15) is 136 Å². The van der Waals surface area contributed by atoms with E-state index in [1.165, 1.54) is 43.7 Å². The Labute approximate surface area is 728 Å². The Morgan fingerprint density at radius 3 is 1.70 bits per heavy atom. The molecule has 15 amide bonds. The fraction of sp³-hybridized carbons (Fsp3) is 0.654. The molecule has 0 aliphatic carbocycles. The molecule has 0 saturated carbocycles. The number of carbonyl (C=O) groups is 17. The lowest BCUT2D eigenvalue weighted by Crippen LogP contribution is -2.59. The minimum atomic E-state index is -1.93. The number of thioether (sulfide) groups is 1. The molecule has 0 spiro atoms. The third kappa shape index (κ3) is 47.3. The number of carbonyl (C=O) groups excluding carboxylic acids is 15. The van der Waals surface area contributed by atoms with Crippen LogP contribution in [0.25, 0.3) is 0 Å². The number of nitrogens with one attached hydrogen (secondary N) is 16. The fourth-order valence-corrected chi connectivity index (χ4v) is 12.9. The van der Waals surface area contributed by atoms with E-state index in [1.54, 1.807) is 27.7 Å². The van der Waals surface area contributed by atoms with Gasteiger partial charge < -0.3 is 142 Å². The normalized spacial score (nSPS) is 21.4. The van der Waals surface area contributed by atoms with E-state index in [-0.39, 0.29) is 135 Å². The number of amides is 15. The van der Waals surface area contributed by atoms with Crippen molar-refractivity contribution in [3.05, 3.63) is 48.0 Å². The van der Waals surface area contributed by atoms with Crippen LogP contribution < -0.4 is 103 Å². The molecule has 125 heavy (non-hydrogen) atoms. The molecular formula is C78H128N22O24S. The zero-order valence-electron chi connectivity index (χ0n) is 71.6. The van der Waals surface area contributed by atoms with Gasteiger partial charge in [0.1, 0.15) is 60.1 Å². The van der Waals surface area contributed by atoms with Gasteiger partial charge in [0.2, 0.25) is 88.6 Å². The van der Waals surface area contributed by atoms with Gasteiger partial charge in [-0.05, 0) is 87.9 Å². The van der Waals surface area contributed by atoms with Gasteiger partial charge in [-0.3, -0.25) is 86.5 Å². The number of aliphatic carboxylic acids is 2. The summed E-state index contributed by atoms with van der Waals surface area (Å²) in [7, 11) is 0. The SMILES string of the molecule is CCCCC[C@@H]1NC(=O)CNC(=O)[C@H](CC(C)C)NC(=O)[C@H](C(C)C)NC(=O)CNC(=O)[C@H](CC(=O)O)NC[C@H](Cc2cnc[nH]2)NC(=O)[C@H](Cc2ccc(O)cc2)NC(=O)CNC(=O)[C@H](CCCN=C(N)N)NC(=O)[C@H](C)NC(=O)CSC[C@@H](C(=O)NCCOCCOCCOCCOCCC(=O)N[C@@H](CCCCN)C(N)=O)NC(=O)[C@H](CC(=O)O)NC1=O. The Kier molecular flexibility index (Phi) is 52.6. The fourth-order valence-electron chi connectivity index (χ4n) is 12.0. The van der Waals surface area contributed by atoms with Crippen LogP contribution >= 0.6 is 11.8 Å². The van der Waals surface area contributed by atoms with Crippen LogP contribution in [0.4, 0.5) is 0 Å². The van der Waals surface area contributed by atoms with Crippen LogP contribution in [0, 0.1) is 11.8 Å². The van der Waals surface area contributed by atoms with Gasteiger partial charge in [-0.2, -0.15) is 0 Å². The second-order valence-corrected chi connectivity index (χ2v) is 31.1. The van der Waals surface area contributed by atoms with E-state index in [0.29, 0.717) is 56.3 Å². The molecular weight excluding hydrogens is 1660 g/mol. The number of carboxylic acids is 2. The van der Waals surface area contributed by atoms with E-state index >= 15 is 0 Å². The lowest BCUT2D eigenvalue weighted by Gasteiger charge is -2.27. The van der Waals surface area contributed by atoms with Crippen LogP contribution in [-0.2, 0) is 113 Å². The molecule has 1 saturated heterocycles. The van der Waals surface area contributed by atoms with E-state index in [9.17, 15) is 96.8 Å². The quantitative estimate of drug-likeness (QED) is 0.0167. The van der Waals surface area contributed by atoms with E-state index in [1.807, 2.05) is 6.92 Å². The molecule has 2 heterocycles. The summed E-state index contributed by atoms with van der Waals surface area (Å²) in [5.41, 5.74) is 22.8. The number of nitrogens with two attached hydrogens (primary N) is 4. The van der Waals surface area contributed by atoms with Crippen LogP contribution in [0.5, 0.6) is 5.75 Å². The highest BCUT2D eigenvalue weighted by Gasteiger charge is 2.36. The van der Waals surface area contributed by atoms with Gasteiger partial charge in [0.25, 0.3) is 0 Å². The van der Waals surface area contributed by atoms with Gasteiger partial charge in [0.15, 0.2) is 5.96 Å². The monoisotopic (exact) mass is 1790 g/mol.